The molecule has 0 saturated carbocycles. The average molecular weight is 292 g/mol. The highest BCUT2D eigenvalue weighted by Crippen LogP contribution is 2.26. The molecule has 0 aliphatic heterocycles. The Morgan fingerprint density at radius 3 is 2.55 bits per heavy atom. The molecule has 1 aromatic rings. The summed E-state index contributed by atoms with van der Waals surface area (Å²) in [6.45, 7) is 2.50. The van der Waals surface area contributed by atoms with E-state index in [1.54, 1.807) is 19.1 Å². The highest BCUT2D eigenvalue weighted by molar-refractivity contribution is 5.38. The molecule has 0 spiro atoms. The second-order valence-electron chi connectivity index (χ2n) is 4.59. The van der Waals surface area contributed by atoms with Gasteiger partial charge in [-0.2, -0.15) is 13.2 Å². The normalized spacial score (nSPS) is 13.3. The van der Waals surface area contributed by atoms with Crippen LogP contribution in [0.25, 0.3) is 0 Å². The van der Waals surface area contributed by atoms with E-state index in [0.717, 1.165) is 5.56 Å². The minimum atomic E-state index is -4.29. The van der Waals surface area contributed by atoms with E-state index in [1.165, 1.54) is 0 Å². The summed E-state index contributed by atoms with van der Waals surface area (Å²) in [7, 11) is 0. The quantitative estimate of drug-likeness (QED) is 0.783. The van der Waals surface area contributed by atoms with E-state index < -0.39 is 18.9 Å². The van der Waals surface area contributed by atoms with Crippen molar-refractivity contribution in [3.05, 3.63) is 29.3 Å². The van der Waals surface area contributed by atoms with Gasteiger partial charge in [0.25, 0.3) is 0 Å². The number of hydrogen-bond donors (Lipinski definition) is 1. The number of halogens is 3. The SMILES string of the molecule is Cc1ccc([C@@H](C)O)c(OCCCOCC(F)(F)F)c1. The van der Waals surface area contributed by atoms with Gasteiger partial charge in [-0.3, -0.25) is 0 Å². The van der Waals surface area contributed by atoms with E-state index in [9.17, 15) is 18.3 Å². The molecule has 20 heavy (non-hydrogen) atoms. The summed E-state index contributed by atoms with van der Waals surface area (Å²) >= 11 is 0. The largest absolute Gasteiger partial charge is 0.493 e. The molecule has 0 unspecified atom stereocenters. The number of rotatable bonds is 7. The van der Waals surface area contributed by atoms with Crippen LogP contribution in [0, 0.1) is 6.92 Å². The first-order valence-corrected chi connectivity index (χ1v) is 6.35. The summed E-state index contributed by atoms with van der Waals surface area (Å²) < 4.78 is 45.5. The molecule has 0 radical (unpaired) electrons. The second kappa shape index (κ2) is 7.50. The van der Waals surface area contributed by atoms with Crippen molar-refractivity contribution in [1.29, 1.82) is 0 Å². The van der Waals surface area contributed by atoms with Gasteiger partial charge in [-0.1, -0.05) is 12.1 Å². The highest BCUT2D eigenvalue weighted by Gasteiger charge is 2.27. The third-order valence-electron chi connectivity index (χ3n) is 2.58. The van der Waals surface area contributed by atoms with Crippen LogP contribution in [0.3, 0.4) is 0 Å². The van der Waals surface area contributed by atoms with Crippen molar-refractivity contribution >= 4 is 0 Å². The van der Waals surface area contributed by atoms with Crippen molar-refractivity contribution in [3.63, 3.8) is 0 Å². The number of alkyl halides is 3. The van der Waals surface area contributed by atoms with Gasteiger partial charge in [0.05, 0.1) is 19.3 Å². The molecule has 0 bridgehead atoms. The van der Waals surface area contributed by atoms with E-state index in [-0.39, 0.29) is 13.2 Å². The molecular weight excluding hydrogens is 273 g/mol. The molecule has 114 valence electrons. The van der Waals surface area contributed by atoms with Gasteiger partial charge in [-0.25, -0.2) is 0 Å². The van der Waals surface area contributed by atoms with Crippen molar-refractivity contribution in [3.8, 4) is 5.75 Å². The Kier molecular flexibility index (Phi) is 6.29. The first-order valence-electron chi connectivity index (χ1n) is 6.35. The number of benzene rings is 1. The Bertz CT molecular complexity index is 417. The third kappa shape index (κ3) is 6.25. The summed E-state index contributed by atoms with van der Waals surface area (Å²) in [5, 5.41) is 9.60. The summed E-state index contributed by atoms with van der Waals surface area (Å²) in [4.78, 5) is 0. The van der Waals surface area contributed by atoms with Crippen LogP contribution in [-0.4, -0.2) is 31.1 Å². The fourth-order valence-electron chi connectivity index (χ4n) is 1.64. The van der Waals surface area contributed by atoms with E-state index in [4.69, 9.17) is 4.74 Å². The highest BCUT2D eigenvalue weighted by atomic mass is 19.4. The minimum absolute atomic E-state index is 0.0185. The fraction of sp³-hybridized carbons (Fsp3) is 0.571. The van der Waals surface area contributed by atoms with Crippen LogP contribution in [-0.2, 0) is 4.74 Å². The van der Waals surface area contributed by atoms with Crippen LogP contribution in [0.4, 0.5) is 13.2 Å². The molecule has 1 aromatic carbocycles. The van der Waals surface area contributed by atoms with Gasteiger partial charge in [0.2, 0.25) is 0 Å². The van der Waals surface area contributed by atoms with Gasteiger partial charge in [0.15, 0.2) is 0 Å². The molecule has 0 amide bonds. The topological polar surface area (TPSA) is 38.7 Å². The number of aliphatic hydroxyl groups is 1. The van der Waals surface area contributed by atoms with Crippen molar-refractivity contribution < 1.29 is 27.8 Å². The average Bonchev–Trinajstić information content (AvgIpc) is 2.32. The predicted molar refractivity (Wildman–Crippen MR) is 68.8 cm³/mol. The lowest BCUT2D eigenvalue weighted by molar-refractivity contribution is -0.174. The molecule has 3 nitrogen and oxygen atoms in total. The Hall–Kier alpha value is -1.27. The lowest BCUT2D eigenvalue weighted by atomic mass is 10.1. The van der Waals surface area contributed by atoms with Gasteiger partial charge in [-0.05, 0) is 25.5 Å². The van der Waals surface area contributed by atoms with Crippen LogP contribution < -0.4 is 4.74 Å². The Morgan fingerprint density at radius 2 is 1.95 bits per heavy atom. The van der Waals surface area contributed by atoms with E-state index in [0.29, 0.717) is 17.7 Å². The van der Waals surface area contributed by atoms with E-state index >= 15 is 0 Å². The van der Waals surface area contributed by atoms with Gasteiger partial charge >= 0.3 is 6.18 Å². The molecule has 1 rings (SSSR count). The summed E-state index contributed by atoms with van der Waals surface area (Å²) in [6, 6.07) is 5.43. The molecule has 0 aliphatic rings. The Morgan fingerprint density at radius 1 is 1.25 bits per heavy atom. The van der Waals surface area contributed by atoms with Gasteiger partial charge in [0, 0.05) is 12.0 Å². The van der Waals surface area contributed by atoms with Crippen LogP contribution in [0.5, 0.6) is 5.75 Å². The zero-order valence-electron chi connectivity index (χ0n) is 11.5. The van der Waals surface area contributed by atoms with Gasteiger partial charge in [0.1, 0.15) is 12.4 Å². The molecule has 0 saturated heterocycles. The molecular formula is C14H19F3O3. The van der Waals surface area contributed by atoms with Crippen LogP contribution in [0.2, 0.25) is 0 Å². The zero-order valence-corrected chi connectivity index (χ0v) is 11.5. The molecule has 0 aromatic heterocycles. The van der Waals surface area contributed by atoms with E-state index in [2.05, 4.69) is 4.74 Å². The fourth-order valence-corrected chi connectivity index (χ4v) is 1.64. The maximum atomic E-state index is 11.8. The first-order chi connectivity index (χ1) is 9.29. The lowest BCUT2D eigenvalue weighted by Crippen LogP contribution is -2.18. The first kappa shape index (κ1) is 16.8. The van der Waals surface area contributed by atoms with Crippen molar-refractivity contribution in [1.82, 2.24) is 0 Å². The Labute approximate surface area is 116 Å². The summed E-state index contributed by atoms with van der Waals surface area (Å²) in [6.07, 6.45) is -4.60. The molecule has 0 heterocycles. The molecule has 0 fully saturated rings. The monoisotopic (exact) mass is 292 g/mol. The number of ether oxygens (including phenoxy) is 2. The maximum absolute atomic E-state index is 11.8. The van der Waals surface area contributed by atoms with Crippen LogP contribution in [0.15, 0.2) is 18.2 Å². The number of aliphatic hydroxyl groups excluding tert-OH is 1. The number of hydrogen-bond acceptors (Lipinski definition) is 3. The van der Waals surface area contributed by atoms with Gasteiger partial charge < -0.3 is 14.6 Å². The standard InChI is InChI=1S/C14H19F3O3/c1-10-4-5-12(11(2)18)13(8-10)20-7-3-6-19-9-14(15,16)17/h4-5,8,11,18H,3,6-7,9H2,1-2H3/t11-/m1/s1. The molecule has 1 N–H and O–H groups in total. The second-order valence-corrected chi connectivity index (χ2v) is 4.59. The minimum Gasteiger partial charge on any atom is -0.493 e. The Balaban J connectivity index is 2.37. The number of aryl methyl sites for hydroxylation is 1. The van der Waals surface area contributed by atoms with Crippen LogP contribution in [0.1, 0.15) is 30.6 Å². The maximum Gasteiger partial charge on any atom is 0.411 e. The van der Waals surface area contributed by atoms with Crippen molar-refractivity contribution in [2.75, 3.05) is 19.8 Å². The summed E-state index contributed by atoms with van der Waals surface area (Å²) in [5.41, 5.74) is 1.64. The molecule has 1 atom stereocenters. The lowest BCUT2D eigenvalue weighted by Gasteiger charge is -2.14. The van der Waals surface area contributed by atoms with E-state index in [1.807, 2.05) is 13.0 Å². The third-order valence-corrected chi connectivity index (χ3v) is 2.58. The smallest absolute Gasteiger partial charge is 0.411 e. The van der Waals surface area contributed by atoms with Gasteiger partial charge in [-0.15, -0.1) is 0 Å². The zero-order chi connectivity index (χ0) is 15.2. The molecule has 6 heteroatoms. The van der Waals surface area contributed by atoms with Crippen LogP contribution >= 0.6 is 0 Å². The van der Waals surface area contributed by atoms with Crippen molar-refractivity contribution in [2.24, 2.45) is 0 Å². The summed E-state index contributed by atoms with van der Waals surface area (Å²) in [5.74, 6) is 0.552. The van der Waals surface area contributed by atoms with Crippen molar-refractivity contribution in [2.45, 2.75) is 32.5 Å². The molecule has 0 aliphatic carbocycles. The predicted octanol–water partition coefficient (Wildman–Crippen LogP) is 3.40.